The van der Waals surface area contributed by atoms with Crippen molar-refractivity contribution in [3.05, 3.63) is 28.7 Å². The lowest BCUT2D eigenvalue weighted by atomic mass is 9.85. The van der Waals surface area contributed by atoms with Crippen LogP contribution in [0.15, 0.2) is 33.6 Å². The molecule has 0 spiro atoms. The summed E-state index contributed by atoms with van der Waals surface area (Å²) in [6, 6.07) is 6.89. The Balaban J connectivity index is 1.66. The summed E-state index contributed by atoms with van der Waals surface area (Å²) in [4.78, 5) is 13.0. The van der Waals surface area contributed by atoms with Crippen LogP contribution in [0.4, 0.5) is 0 Å². The van der Waals surface area contributed by atoms with Crippen molar-refractivity contribution in [3.8, 4) is 0 Å². The highest BCUT2D eigenvalue weighted by molar-refractivity contribution is 9.10. The van der Waals surface area contributed by atoms with Crippen LogP contribution in [0, 0.1) is 11.8 Å². The van der Waals surface area contributed by atoms with Crippen LogP contribution in [0.1, 0.15) is 45.4 Å². The average molecular weight is 443 g/mol. The zero-order chi connectivity index (χ0) is 18.7. The molecule has 1 heterocycles. The summed E-state index contributed by atoms with van der Waals surface area (Å²) in [5.74, 6) is 0.251. The van der Waals surface area contributed by atoms with Gasteiger partial charge in [0.1, 0.15) is 0 Å². The van der Waals surface area contributed by atoms with Crippen molar-refractivity contribution in [1.82, 2.24) is 9.62 Å². The number of amides is 1. The van der Waals surface area contributed by atoms with E-state index in [-0.39, 0.29) is 29.3 Å². The van der Waals surface area contributed by atoms with E-state index in [1.807, 2.05) is 0 Å². The van der Waals surface area contributed by atoms with Crippen molar-refractivity contribution >= 4 is 31.9 Å². The molecule has 1 saturated carbocycles. The molecule has 2 fully saturated rings. The molecule has 3 unspecified atom stereocenters. The van der Waals surface area contributed by atoms with Gasteiger partial charge in [-0.15, -0.1) is 0 Å². The second-order valence-corrected chi connectivity index (χ2v) is 10.4. The van der Waals surface area contributed by atoms with Crippen molar-refractivity contribution < 1.29 is 13.2 Å². The second kappa shape index (κ2) is 8.40. The third-order valence-corrected chi connectivity index (χ3v) is 8.05. The highest BCUT2D eigenvalue weighted by Crippen LogP contribution is 2.27. The van der Waals surface area contributed by atoms with Crippen molar-refractivity contribution in [3.63, 3.8) is 0 Å². The quantitative estimate of drug-likeness (QED) is 0.774. The zero-order valence-electron chi connectivity index (χ0n) is 15.2. The SMILES string of the molecule is CC1CCCCC1NC(=O)C1CCCN(S(=O)(=O)c2ccc(Br)cc2)C1. The number of carbonyl (C=O) groups excluding carboxylic acids is 1. The Labute approximate surface area is 164 Å². The molecule has 1 saturated heterocycles. The van der Waals surface area contributed by atoms with Crippen LogP contribution in [-0.2, 0) is 14.8 Å². The number of sulfonamides is 1. The van der Waals surface area contributed by atoms with E-state index in [2.05, 4.69) is 28.2 Å². The average Bonchev–Trinajstić information content (AvgIpc) is 2.64. The van der Waals surface area contributed by atoms with Crippen molar-refractivity contribution in [2.75, 3.05) is 13.1 Å². The van der Waals surface area contributed by atoms with E-state index < -0.39 is 10.0 Å². The molecule has 1 aromatic carbocycles. The molecule has 1 aliphatic heterocycles. The molecule has 1 aromatic rings. The maximum Gasteiger partial charge on any atom is 0.243 e. The molecule has 0 bridgehead atoms. The molecule has 1 amide bonds. The van der Waals surface area contributed by atoms with Gasteiger partial charge in [-0.1, -0.05) is 35.7 Å². The molecule has 1 aliphatic carbocycles. The van der Waals surface area contributed by atoms with E-state index >= 15 is 0 Å². The van der Waals surface area contributed by atoms with Crippen LogP contribution in [0.5, 0.6) is 0 Å². The third kappa shape index (κ3) is 4.49. The molecule has 2 aliphatic rings. The van der Waals surface area contributed by atoms with Crippen LogP contribution in [0.2, 0.25) is 0 Å². The molecule has 26 heavy (non-hydrogen) atoms. The van der Waals surface area contributed by atoms with E-state index in [1.165, 1.54) is 10.7 Å². The van der Waals surface area contributed by atoms with Gasteiger partial charge in [0.05, 0.1) is 10.8 Å². The van der Waals surface area contributed by atoms with E-state index in [0.717, 1.165) is 30.2 Å². The monoisotopic (exact) mass is 442 g/mol. The standard InChI is InChI=1S/C19H27BrN2O3S/c1-14-5-2-3-7-18(14)21-19(23)15-6-4-12-22(13-15)26(24,25)17-10-8-16(20)9-11-17/h8-11,14-15,18H,2-7,12-13H2,1H3,(H,21,23). The van der Waals surface area contributed by atoms with Crippen LogP contribution in [-0.4, -0.2) is 37.8 Å². The summed E-state index contributed by atoms with van der Waals surface area (Å²) >= 11 is 3.33. The summed E-state index contributed by atoms with van der Waals surface area (Å²) < 4.78 is 28.1. The summed E-state index contributed by atoms with van der Waals surface area (Å²) in [5.41, 5.74) is 0. The first kappa shape index (κ1) is 19.8. The number of hydrogen-bond acceptors (Lipinski definition) is 3. The number of rotatable bonds is 4. The minimum atomic E-state index is -3.56. The van der Waals surface area contributed by atoms with E-state index in [4.69, 9.17) is 0 Å². The van der Waals surface area contributed by atoms with E-state index in [9.17, 15) is 13.2 Å². The number of nitrogens with zero attached hydrogens (tertiary/aromatic N) is 1. The molecule has 0 aromatic heterocycles. The maximum atomic E-state index is 12.9. The van der Waals surface area contributed by atoms with E-state index in [1.54, 1.807) is 24.3 Å². The molecule has 144 valence electrons. The van der Waals surface area contributed by atoms with Gasteiger partial charge in [-0.2, -0.15) is 4.31 Å². The molecule has 3 rings (SSSR count). The first-order valence-corrected chi connectivity index (χ1v) is 11.7. The lowest BCUT2D eigenvalue weighted by Crippen LogP contribution is -2.49. The minimum Gasteiger partial charge on any atom is -0.353 e. The molecule has 5 nitrogen and oxygen atoms in total. The fourth-order valence-corrected chi connectivity index (χ4v) is 5.75. The zero-order valence-corrected chi connectivity index (χ0v) is 17.6. The highest BCUT2D eigenvalue weighted by Gasteiger charge is 2.34. The van der Waals surface area contributed by atoms with Gasteiger partial charge in [0.2, 0.25) is 15.9 Å². The Hall–Kier alpha value is -0.920. The number of piperidine rings is 1. The van der Waals surface area contributed by atoms with Crippen LogP contribution >= 0.6 is 15.9 Å². The Bertz CT molecular complexity index is 736. The third-order valence-electron chi connectivity index (χ3n) is 5.65. The number of halogens is 1. The molecular formula is C19H27BrN2O3S. The largest absolute Gasteiger partial charge is 0.353 e. The minimum absolute atomic E-state index is 0.0134. The predicted molar refractivity (Wildman–Crippen MR) is 105 cm³/mol. The topological polar surface area (TPSA) is 66.5 Å². The molecular weight excluding hydrogens is 416 g/mol. The summed E-state index contributed by atoms with van der Waals surface area (Å²) in [5, 5.41) is 3.19. The molecule has 1 N–H and O–H groups in total. The fourth-order valence-electron chi connectivity index (χ4n) is 3.96. The Kier molecular flexibility index (Phi) is 6.41. The predicted octanol–water partition coefficient (Wildman–Crippen LogP) is 3.54. The van der Waals surface area contributed by atoms with Crippen LogP contribution in [0.25, 0.3) is 0 Å². The first-order valence-electron chi connectivity index (χ1n) is 9.44. The number of benzene rings is 1. The summed E-state index contributed by atoms with van der Waals surface area (Å²) in [6.07, 6.45) is 6.04. The van der Waals surface area contributed by atoms with Gasteiger partial charge >= 0.3 is 0 Å². The van der Waals surface area contributed by atoms with Crippen molar-refractivity contribution in [2.45, 2.75) is 56.4 Å². The molecule has 3 atom stereocenters. The molecule has 0 radical (unpaired) electrons. The Morgan fingerprint density at radius 3 is 2.50 bits per heavy atom. The highest BCUT2D eigenvalue weighted by atomic mass is 79.9. The molecule has 7 heteroatoms. The lowest BCUT2D eigenvalue weighted by molar-refractivity contribution is -0.127. The van der Waals surface area contributed by atoms with Gasteiger partial charge in [-0.05, 0) is 55.9 Å². The van der Waals surface area contributed by atoms with Gasteiger partial charge in [0, 0.05) is 23.6 Å². The second-order valence-electron chi connectivity index (χ2n) is 7.53. The normalized spacial score (nSPS) is 27.8. The van der Waals surface area contributed by atoms with Crippen molar-refractivity contribution in [2.24, 2.45) is 11.8 Å². The maximum absolute atomic E-state index is 12.9. The van der Waals surface area contributed by atoms with Gasteiger partial charge in [-0.3, -0.25) is 4.79 Å². The summed E-state index contributed by atoms with van der Waals surface area (Å²) in [6.45, 7) is 2.93. The van der Waals surface area contributed by atoms with Crippen LogP contribution in [0.3, 0.4) is 0 Å². The number of hydrogen-bond donors (Lipinski definition) is 1. The lowest BCUT2D eigenvalue weighted by Gasteiger charge is -2.34. The van der Waals surface area contributed by atoms with Gasteiger partial charge in [0.15, 0.2) is 0 Å². The van der Waals surface area contributed by atoms with Gasteiger partial charge < -0.3 is 5.32 Å². The smallest absolute Gasteiger partial charge is 0.243 e. The van der Waals surface area contributed by atoms with Crippen molar-refractivity contribution in [1.29, 1.82) is 0 Å². The summed E-state index contributed by atoms with van der Waals surface area (Å²) in [7, 11) is -3.56. The van der Waals surface area contributed by atoms with Gasteiger partial charge in [-0.25, -0.2) is 8.42 Å². The Morgan fingerprint density at radius 1 is 1.12 bits per heavy atom. The van der Waals surface area contributed by atoms with Gasteiger partial charge in [0.25, 0.3) is 0 Å². The number of carbonyl (C=O) groups is 1. The first-order chi connectivity index (χ1) is 12.4. The fraction of sp³-hybridized carbons (Fsp3) is 0.632. The number of nitrogens with one attached hydrogen (secondary N) is 1. The van der Waals surface area contributed by atoms with Crippen LogP contribution < -0.4 is 5.32 Å². The van der Waals surface area contributed by atoms with E-state index in [0.29, 0.717) is 18.9 Å². The Morgan fingerprint density at radius 2 is 1.81 bits per heavy atom.